The zero-order valence-electron chi connectivity index (χ0n) is 28.9. The van der Waals surface area contributed by atoms with Gasteiger partial charge in [-0.2, -0.15) is 0 Å². The van der Waals surface area contributed by atoms with Crippen LogP contribution in [0.4, 0.5) is 4.79 Å². The molecule has 0 aliphatic rings. The Balaban J connectivity index is 3.33. The molecule has 0 radical (unpaired) electrons. The maximum atomic E-state index is 13.6. The molecule has 1 rings (SSSR count). The number of ether oxygens (including phenoxy) is 2. The molecule has 15 heteroatoms. The molecule has 48 heavy (non-hydrogen) atoms. The number of carbonyl (C=O) groups is 7. The molecule has 0 aliphatic heterocycles. The lowest BCUT2D eigenvalue weighted by Gasteiger charge is -2.28. The molecule has 0 bridgehead atoms. The number of carboxylic acids is 2. The average Bonchev–Trinajstić information content (AvgIpc) is 2.94. The van der Waals surface area contributed by atoms with Crippen molar-refractivity contribution in [1.29, 1.82) is 0 Å². The highest BCUT2D eigenvalue weighted by molar-refractivity contribution is 6.32. The van der Waals surface area contributed by atoms with Crippen LogP contribution >= 0.6 is 0 Å². The van der Waals surface area contributed by atoms with Gasteiger partial charge in [-0.05, 0) is 65.9 Å². The maximum absolute atomic E-state index is 13.6. The molecule has 6 N–H and O–H groups in total. The van der Waals surface area contributed by atoms with E-state index in [9.17, 15) is 38.7 Å². The Morgan fingerprint density at radius 2 is 1.23 bits per heavy atom. The van der Waals surface area contributed by atoms with Gasteiger partial charge in [-0.3, -0.25) is 19.2 Å². The molecule has 0 heterocycles. The molecule has 1 aromatic rings. The van der Waals surface area contributed by atoms with Crippen LogP contribution in [0.15, 0.2) is 30.3 Å². The highest BCUT2D eigenvalue weighted by Gasteiger charge is 2.33. The molecule has 4 atom stereocenters. The van der Waals surface area contributed by atoms with Crippen molar-refractivity contribution in [2.24, 2.45) is 5.92 Å². The summed E-state index contributed by atoms with van der Waals surface area (Å²) >= 11 is 0. The standard InChI is InChI=1S/C33H50N4O11/c1-19(2)16-22(27(40)36-24(29(42)43)18-47-32(3,4)5)35-26(39)21(14-15-25(38)30(44)45)34-28(41)23(17-20-12-10-9-11-13-20)37-31(46)48-33(6,7)8/h9-13,19,21-24H,14-18H2,1-8H3,(H,34,41)(H,35,39)(H,36,40)(H,37,46)(H,42,43)(H,44,45)/t21-,22-,23-,24-/m0/s1. The Kier molecular flexibility index (Phi) is 16.2. The van der Waals surface area contributed by atoms with E-state index < -0.39 is 89.7 Å². The van der Waals surface area contributed by atoms with Crippen LogP contribution in [0.2, 0.25) is 0 Å². The Morgan fingerprint density at radius 3 is 1.73 bits per heavy atom. The zero-order valence-corrected chi connectivity index (χ0v) is 28.9. The number of alkyl carbamates (subject to hydrolysis) is 1. The third-order valence-electron chi connectivity index (χ3n) is 6.46. The Bertz CT molecular complexity index is 1290. The van der Waals surface area contributed by atoms with E-state index in [1.165, 1.54) is 0 Å². The van der Waals surface area contributed by atoms with E-state index in [2.05, 4.69) is 21.3 Å². The molecule has 268 valence electrons. The lowest BCUT2D eigenvalue weighted by Crippen LogP contribution is -2.58. The summed E-state index contributed by atoms with van der Waals surface area (Å²) in [6.45, 7) is 13.2. The monoisotopic (exact) mass is 678 g/mol. The van der Waals surface area contributed by atoms with Crippen LogP contribution in [-0.4, -0.2) is 93.7 Å². The first-order valence-electron chi connectivity index (χ1n) is 15.7. The molecule has 0 unspecified atom stereocenters. The largest absolute Gasteiger partial charge is 0.480 e. The topological polar surface area (TPSA) is 227 Å². The summed E-state index contributed by atoms with van der Waals surface area (Å²) in [5.74, 6) is -7.08. The molecule has 1 aromatic carbocycles. The summed E-state index contributed by atoms with van der Waals surface area (Å²) in [7, 11) is 0. The predicted molar refractivity (Wildman–Crippen MR) is 174 cm³/mol. The smallest absolute Gasteiger partial charge is 0.408 e. The first kappa shape index (κ1) is 41.5. The summed E-state index contributed by atoms with van der Waals surface area (Å²) < 4.78 is 10.8. The van der Waals surface area contributed by atoms with Crippen LogP contribution in [-0.2, 0) is 44.7 Å². The van der Waals surface area contributed by atoms with Crippen LogP contribution in [0.5, 0.6) is 0 Å². The van der Waals surface area contributed by atoms with Gasteiger partial charge < -0.3 is 41.0 Å². The number of carboxylic acid groups (broad SMARTS) is 2. The maximum Gasteiger partial charge on any atom is 0.408 e. The van der Waals surface area contributed by atoms with Gasteiger partial charge in [0.2, 0.25) is 23.5 Å². The fraction of sp³-hybridized carbons (Fsp3) is 0.606. The number of amides is 4. The number of aliphatic carboxylic acids is 2. The van der Waals surface area contributed by atoms with Crippen molar-refractivity contribution in [3.8, 4) is 0 Å². The molecule has 4 amide bonds. The minimum atomic E-state index is -1.73. The van der Waals surface area contributed by atoms with Crippen molar-refractivity contribution in [2.75, 3.05) is 6.61 Å². The van der Waals surface area contributed by atoms with Gasteiger partial charge in [0, 0.05) is 12.8 Å². The summed E-state index contributed by atoms with van der Waals surface area (Å²) in [5, 5.41) is 28.6. The van der Waals surface area contributed by atoms with Gasteiger partial charge in [0.1, 0.15) is 23.7 Å². The molecule has 0 saturated heterocycles. The van der Waals surface area contributed by atoms with Crippen molar-refractivity contribution in [1.82, 2.24) is 21.3 Å². The highest BCUT2D eigenvalue weighted by atomic mass is 16.6. The number of nitrogens with one attached hydrogen (secondary N) is 4. The van der Waals surface area contributed by atoms with Crippen molar-refractivity contribution < 1.29 is 53.2 Å². The number of ketones is 1. The van der Waals surface area contributed by atoms with Crippen LogP contribution in [0.3, 0.4) is 0 Å². The SMILES string of the molecule is CC(C)C[C@H](NC(=O)[C@H](CCC(=O)C(=O)O)NC(=O)[C@H](Cc1ccccc1)NC(=O)OC(C)(C)C)C(=O)N[C@@H](COC(C)(C)C)C(=O)O. The number of benzene rings is 1. The summed E-state index contributed by atoms with van der Waals surface area (Å²) in [6, 6.07) is 3.17. The molecule has 0 aliphatic carbocycles. The van der Waals surface area contributed by atoms with Crippen LogP contribution in [0.25, 0.3) is 0 Å². The number of hydrogen-bond donors (Lipinski definition) is 6. The van der Waals surface area contributed by atoms with Crippen molar-refractivity contribution >= 4 is 41.5 Å². The molecular weight excluding hydrogens is 628 g/mol. The summed E-state index contributed by atoms with van der Waals surface area (Å²) in [6.07, 6.45) is -1.95. The van der Waals surface area contributed by atoms with Crippen LogP contribution < -0.4 is 21.3 Å². The minimum absolute atomic E-state index is 0.0140. The minimum Gasteiger partial charge on any atom is -0.480 e. The van der Waals surface area contributed by atoms with E-state index in [-0.39, 0.29) is 25.4 Å². The zero-order chi connectivity index (χ0) is 36.8. The first-order chi connectivity index (χ1) is 22.1. The van der Waals surface area contributed by atoms with Gasteiger partial charge in [0.25, 0.3) is 0 Å². The van der Waals surface area contributed by atoms with E-state index in [0.717, 1.165) is 0 Å². The molecule has 0 aromatic heterocycles. The number of hydrogen-bond acceptors (Lipinski definition) is 9. The Hall–Kier alpha value is -4.53. The fourth-order valence-electron chi connectivity index (χ4n) is 4.19. The molecule has 15 nitrogen and oxygen atoms in total. The second-order valence-electron chi connectivity index (χ2n) is 13.7. The lowest BCUT2D eigenvalue weighted by molar-refractivity contribution is -0.149. The second kappa shape index (κ2) is 18.7. The van der Waals surface area contributed by atoms with E-state index in [1.807, 2.05) is 0 Å². The van der Waals surface area contributed by atoms with Gasteiger partial charge in [-0.25, -0.2) is 14.4 Å². The van der Waals surface area contributed by atoms with Gasteiger partial charge in [0.15, 0.2) is 6.04 Å². The number of rotatable bonds is 18. The fourth-order valence-corrected chi connectivity index (χ4v) is 4.19. The number of carbonyl (C=O) groups excluding carboxylic acids is 5. The van der Waals surface area contributed by atoms with Gasteiger partial charge in [-0.1, -0.05) is 44.2 Å². The average molecular weight is 679 g/mol. The Morgan fingerprint density at radius 1 is 0.708 bits per heavy atom. The second-order valence-corrected chi connectivity index (χ2v) is 13.7. The Labute approximate surface area is 280 Å². The summed E-state index contributed by atoms with van der Waals surface area (Å²) in [4.78, 5) is 88.1. The first-order valence-corrected chi connectivity index (χ1v) is 15.7. The third kappa shape index (κ3) is 16.9. The van der Waals surface area contributed by atoms with Gasteiger partial charge in [0.05, 0.1) is 12.2 Å². The van der Waals surface area contributed by atoms with Gasteiger partial charge >= 0.3 is 18.0 Å². The van der Waals surface area contributed by atoms with E-state index in [1.54, 1.807) is 85.7 Å². The van der Waals surface area contributed by atoms with E-state index in [0.29, 0.717) is 5.56 Å². The molecule has 0 spiro atoms. The normalized spacial score (nSPS) is 14.1. The molecular formula is C33H50N4O11. The molecule has 0 saturated carbocycles. The quantitative estimate of drug-likeness (QED) is 0.123. The van der Waals surface area contributed by atoms with Crippen molar-refractivity contribution in [3.63, 3.8) is 0 Å². The van der Waals surface area contributed by atoms with Crippen LogP contribution in [0.1, 0.15) is 80.2 Å². The number of Topliss-reactive ketones (excluding diaryl/α,β-unsaturated/α-hetero) is 1. The van der Waals surface area contributed by atoms with E-state index >= 15 is 0 Å². The highest BCUT2D eigenvalue weighted by Crippen LogP contribution is 2.12. The predicted octanol–water partition coefficient (Wildman–Crippen LogP) is 1.96. The van der Waals surface area contributed by atoms with E-state index in [4.69, 9.17) is 14.6 Å². The third-order valence-corrected chi connectivity index (χ3v) is 6.46. The molecule has 0 fully saturated rings. The van der Waals surface area contributed by atoms with Gasteiger partial charge in [-0.15, -0.1) is 0 Å². The van der Waals surface area contributed by atoms with Crippen LogP contribution in [0, 0.1) is 5.92 Å². The lowest BCUT2D eigenvalue weighted by atomic mass is 10.0. The van der Waals surface area contributed by atoms with Crippen molar-refractivity contribution in [2.45, 2.75) is 116 Å². The van der Waals surface area contributed by atoms with Crippen molar-refractivity contribution in [3.05, 3.63) is 35.9 Å². The summed E-state index contributed by atoms with van der Waals surface area (Å²) in [5.41, 5.74) is -0.922.